The fraction of sp³-hybridized carbons (Fsp3) is 0.294. The Bertz CT molecular complexity index is 507. The van der Waals surface area contributed by atoms with Crippen molar-refractivity contribution >= 4 is 5.78 Å². The van der Waals surface area contributed by atoms with Gasteiger partial charge in [-0.05, 0) is 36.1 Å². The molecule has 0 amide bonds. The van der Waals surface area contributed by atoms with Crippen LogP contribution in [0.2, 0.25) is 0 Å². The maximum absolute atomic E-state index is 12.1. The maximum Gasteiger partial charge on any atom is 0.140 e. The zero-order chi connectivity index (χ0) is 13.5. The molecule has 0 fully saturated rings. The van der Waals surface area contributed by atoms with Gasteiger partial charge >= 0.3 is 0 Å². The molecule has 1 aromatic heterocycles. The zero-order valence-corrected chi connectivity index (χ0v) is 11.3. The van der Waals surface area contributed by atoms with Crippen LogP contribution in [0.25, 0.3) is 0 Å². The van der Waals surface area contributed by atoms with Crippen LogP contribution in [0.5, 0.6) is 0 Å². The molecule has 0 radical (unpaired) electrons. The average molecular weight is 253 g/mol. The Morgan fingerprint density at radius 3 is 2.47 bits per heavy atom. The van der Waals surface area contributed by atoms with Crippen LogP contribution in [0, 0.1) is 0 Å². The lowest BCUT2D eigenvalue weighted by Crippen LogP contribution is -2.09. The number of rotatable bonds is 6. The molecule has 0 N–H and O–H groups in total. The fourth-order valence-electron chi connectivity index (χ4n) is 2.17. The quantitative estimate of drug-likeness (QED) is 0.784. The van der Waals surface area contributed by atoms with E-state index in [-0.39, 0.29) is 5.92 Å². The lowest BCUT2D eigenvalue weighted by atomic mass is 9.94. The van der Waals surface area contributed by atoms with E-state index < -0.39 is 0 Å². The van der Waals surface area contributed by atoms with Gasteiger partial charge in [0.1, 0.15) is 5.78 Å². The minimum atomic E-state index is -0.0289. The standard InChI is InChI=1S/C17H19NO/c1-14(16-10-12-18-13-11-16)17(19)9-5-8-15-6-3-2-4-7-15/h2-4,6-7,10-14H,5,8-9H2,1H3. The summed E-state index contributed by atoms with van der Waals surface area (Å²) in [4.78, 5) is 16.1. The third-order valence-corrected chi connectivity index (χ3v) is 3.42. The first-order valence-electron chi connectivity index (χ1n) is 6.74. The van der Waals surface area contributed by atoms with Crippen LogP contribution >= 0.6 is 0 Å². The van der Waals surface area contributed by atoms with Crippen molar-refractivity contribution in [3.8, 4) is 0 Å². The van der Waals surface area contributed by atoms with Crippen molar-refractivity contribution in [3.63, 3.8) is 0 Å². The Hall–Kier alpha value is -1.96. The van der Waals surface area contributed by atoms with Crippen molar-refractivity contribution in [2.24, 2.45) is 0 Å². The highest BCUT2D eigenvalue weighted by atomic mass is 16.1. The Kier molecular flexibility index (Phi) is 4.85. The van der Waals surface area contributed by atoms with Gasteiger partial charge in [-0.25, -0.2) is 0 Å². The molecule has 2 heteroatoms. The number of ketones is 1. The smallest absolute Gasteiger partial charge is 0.140 e. The molecule has 0 saturated carbocycles. The van der Waals surface area contributed by atoms with Crippen LogP contribution in [0.1, 0.15) is 36.8 Å². The van der Waals surface area contributed by atoms with Crippen LogP contribution in [0.4, 0.5) is 0 Å². The van der Waals surface area contributed by atoms with E-state index in [4.69, 9.17) is 0 Å². The Morgan fingerprint density at radius 1 is 1.11 bits per heavy atom. The zero-order valence-electron chi connectivity index (χ0n) is 11.3. The van der Waals surface area contributed by atoms with E-state index in [0.29, 0.717) is 12.2 Å². The molecule has 19 heavy (non-hydrogen) atoms. The van der Waals surface area contributed by atoms with Crippen molar-refractivity contribution in [3.05, 3.63) is 66.0 Å². The molecule has 1 heterocycles. The van der Waals surface area contributed by atoms with Gasteiger partial charge in [-0.15, -0.1) is 0 Å². The van der Waals surface area contributed by atoms with Crippen LogP contribution in [0.3, 0.4) is 0 Å². The minimum Gasteiger partial charge on any atom is -0.299 e. The highest BCUT2D eigenvalue weighted by Crippen LogP contribution is 2.18. The SMILES string of the molecule is CC(C(=O)CCCc1ccccc1)c1ccncc1. The predicted octanol–water partition coefficient (Wildman–Crippen LogP) is 3.78. The summed E-state index contributed by atoms with van der Waals surface area (Å²) in [6, 6.07) is 14.1. The summed E-state index contributed by atoms with van der Waals surface area (Å²) in [5, 5.41) is 0. The second kappa shape index (κ2) is 6.83. The molecular formula is C17H19NO. The fourth-order valence-corrected chi connectivity index (χ4v) is 2.17. The molecule has 2 nitrogen and oxygen atoms in total. The van der Waals surface area contributed by atoms with Gasteiger partial charge in [-0.3, -0.25) is 9.78 Å². The number of carbonyl (C=O) groups excluding carboxylic acids is 1. The summed E-state index contributed by atoms with van der Waals surface area (Å²) in [7, 11) is 0. The Balaban J connectivity index is 1.82. The monoisotopic (exact) mass is 253 g/mol. The molecular weight excluding hydrogens is 234 g/mol. The number of carbonyl (C=O) groups is 1. The van der Waals surface area contributed by atoms with E-state index in [1.807, 2.05) is 37.3 Å². The van der Waals surface area contributed by atoms with Gasteiger partial charge in [0.05, 0.1) is 0 Å². The Labute approximate surface area is 114 Å². The number of hydrogen-bond donors (Lipinski definition) is 0. The highest BCUT2D eigenvalue weighted by Gasteiger charge is 2.14. The van der Waals surface area contributed by atoms with E-state index in [2.05, 4.69) is 17.1 Å². The largest absolute Gasteiger partial charge is 0.299 e. The molecule has 1 aromatic carbocycles. The first-order chi connectivity index (χ1) is 9.27. The molecule has 98 valence electrons. The van der Waals surface area contributed by atoms with Crippen LogP contribution < -0.4 is 0 Å². The summed E-state index contributed by atoms with van der Waals surface area (Å²) in [6.45, 7) is 1.97. The molecule has 0 spiro atoms. The third kappa shape index (κ3) is 4.02. The van der Waals surface area contributed by atoms with Crippen LogP contribution in [0.15, 0.2) is 54.9 Å². The van der Waals surface area contributed by atoms with Gasteiger partial charge in [-0.2, -0.15) is 0 Å². The number of pyridine rings is 1. The summed E-state index contributed by atoms with van der Waals surface area (Å²) in [6.07, 6.45) is 6.00. The van der Waals surface area contributed by atoms with Gasteiger partial charge in [0.25, 0.3) is 0 Å². The van der Waals surface area contributed by atoms with E-state index in [9.17, 15) is 4.79 Å². The van der Waals surface area contributed by atoms with E-state index in [1.165, 1.54) is 5.56 Å². The van der Waals surface area contributed by atoms with Gasteiger partial charge in [0, 0.05) is 24.7 Å². The second-order valence-electron chi connectivity index (χ2n) is 4.81. The summed E-state index contributed by atoms with van der Waals surface area (Å²) in [5.41, 5.74) is 2.35. The topological polar surface area (TPSA) is 30.0 Å². The first kappa shape index (κ1) is 13.5. The number of aromatic nitrogens is 1. The van der Waals surface area contributed by atoms with Crippen molar-refractivity contribution in [1.29, 1.82) is 0 Å². The summed E-state index contributed by atoms with van der Waals surface area (Å²) >= 11 is 0. The molecule has 1 atom stereocenters. The van der Waals surface area contributed by atoms with Crippen LogP contribution in [-0.2, 0) is 11.2 Å². The number of benzene rings is 1. The molecule has 2 rings (SSSR count). The molecule has 0 aliphatic rings. The third-order valence-electron chi connectivity index (χ3n) is 3.42. The lowest BCUT2D eigenvalue weighted by molar-refractivity contribution is -0.120. The number of aryl methyl sites for hydroxylation is 1. The van der Waals surface area contributed by atoms with Crippen molar-refractivity contribution < 1.29 is 4.79 Å². The highest BCUT2D eigenvalue weighted by molar-refractivity contribution is 5.85. The van der Waals surface area contributed by atoms with Crippen molar-refractivity contribution in [2.75, 3.05) is 0 Å². The van der Waals surface area contributed by atoms with Gasteiger partial charge in [0.2, 0.25) is 0 Å². The van der Waals surface area contributed by atoms with E-state index in [0.717, 1.165) is 18.4 Å². The van der Waals surface area contributed by atoms with Crippen molar-refractivity contribution in [1.82, 2.24) is 4.98 Å². The van der Waals surface area contributed by atoms with Gasteiger partial charge in [-0.1, -0.05) is 37.3 Å². The molecule has 0 bridgehead atoms. The summed E-state index contributed by atoms with van der Waals surface area (Å²) in [5.74, 6) is 0.279. The lowest BCUT2D eigenvalue weighted by Gasteiger charge is -2.10. The maximum atomic E-state index is 12.1. The summed E-state index contributed by atoms with van der Waals surface area (Å²) < 4.78 is 0. The number of hydrogen-bond acceptors (Lipinski definition) is 2. The van der Waals surface area contributed by atoms with Gasteiger partial charge in [0.15, 0.2) is 0 Å². The molecule has 2 aromatic rings. The molecule has 0 aliphatic heterocycles. The number of Topliss-reactive ketones (excluding diaryl/α,β-unsaturated/α-hetero) is 1. The minimum absolute atomic E-state index is 0.0289. The normalized spacial score (nSPS) is 12.1. The molecule has 1 unspecified atom stereocenters. The average Bonchev–Trinajstić information content (AvgIpc) is 2.48. The predicted molar refractivity (Wildman–Crippen MR) is 77.0 cm³/mol. The Morgan fingerprint density at radius 2 is 1.79 bits per heavy atom. The number of nitrogens with zero attached hydrogens (tertiary/aromatic N) is 1. The first-order valence-corrected chi connectivity index (χ1v) is 6.74. The van der Waals surface area contributed by atoms with Gasteiger partial charge < -0.3 is 0 Å². The van der Waals surface area contributed by atoms with E-state index >= 15 is 0 Å². The van der Waals surface area contributed by atoms with Crippen molar-refractivity contribution in [2.45, 2.75) is 32.1 Å². The molecule has 0 saturated heterocycles. The van der Waals surface area contributed by atoms with Crippen LogP contribution in [-0.4, -0.2) is 10.8 Å². The molecule has 0 aliphatic carbocycles. The van der Waals surface area contributed by atoms with E-state index in [1.54, 1.807) is 12.4 Å². The second-order valence-corrected chi connectivity index (χ2v) is 4.81.